The van der Waals surface area contributed by atoms with Gasteiger partial charge in [-0.2, -0.15) is 0 Å². The summed E-state index contributed by atoms with van der Waals surface area (Å²) in [5, 5.41) is 17.1. The fraction of sp³-hybridized carbons (Fsp3) is 0.300. The summed E-state index contributed by atoms with van der Waals surface area (Å²) in [6.45, 7) is 1.91. The number of carboxylic acid groups (broad SMARTS) is 1. The van der Waals surface area contributed by atoms with Gasteiger partial charge in [-0.1, -0.05) is 11.8 Å². The van der Waals surface area contributed by atoms with Crippen molar-refractivity contribution >= 4 is 17.7 Å². The van der Waals surface area contributed by atoms with Crippen molar-refractivity contribution in [3.05, 3.63) is 17.9 Å². The Labute approximate surface area is 102 Å². The molecule has 2 rings (SSSR count). The lowest BCUT2D eigenvalue weighted by Gasteiger charge is -2.00. The SMILES string of the molecule is Cc1ccoc1-c1nnc(SCC(=O)O)n1C. The molecule has 17 heavy (non-hydrogen) atoms. The van der Waals surface area contributed by atoms with Crippen molar-refractivity contribution in [3.63, 3.8) is 0 Å². The lowest BCUT2D eigenvalue weighted by atomic mass is 10.3. The van der Waals surface area contributed by atoms with Crippen molar-refractivity contribution in [2.75, 3.05) is 5.75 Å². The van der Waals surface area contributed by atoms with E-state index in [4.69, 9.17) is 9.52 Å². The van der Waals surface area contributed by atoms with Gasteiger partial charge in [0.05, 0.1) is 12.0 Å². The van der Waals surface area contributed by atoms with Crippen LogP contribution in [0.15, 0.2) is 21.9 Å². The molecule has 0 aliphatic heterocycles. The topological polar surface area (TPSA) is 81.2 Å². The number of aryl methyl sites for hydroxylation is 1. The maximum absolute atomic E-state index is 10.5. The summed E-state index contributed by atoms with van der Waals surface area (Å²) in [5.74, 6) is 0.333. The zero-order valence-electron chi connectivity index (χ0n) is 9.38. The van der Waals surface area contributed by atoms with E-state index in [0.29, 0.717) is 16.7 Å². The highest BCUT2D eigenvalue weighted by molar-refractivity contribution is 7.99. The highest BCUT2D eigenvalue weighted by Crippen LogP contribution is 2.25. The number of carbonyl (C=O) groups is 1. The molecule has 0 saturated heterocycles. The summed E-state index contributed by atoms with van der Waals surface area (Å²) in [5.41, 5.74) is 0.968. The number of aliphatic carboxylic acids is 1. The summed E-state index contributed by atoms with van der Waals surface area (Å²) in [4.78, 5) is 10.5. The van der Waals surface area contributed by atoms with E-state index in [9.17, 15) is 4.79 Å². The Bertz CT molecular complexity index is 547. The molecule has 0 spiro atoms. The number of furan rings is 1. The molecule has 0 radical (unpaired) electrons. The second kappa shape index (κ2) is 4.62. The second-order valence-electron chi connectivity index (χ2n) is 3.48. The predicted octanol–water partition coefficient (Wildman–Crippen LogP) is 1.56. The van der Waals surface area contributed by atoms with Crippen molar-refractivity contribution in [2.24, 2.45) is 7.05 Å². The molecule has 6 nitrogen and oxygen atoms in total. The second-order valence-corrected chi connectivity index (χ2v) is 4.42. The predicted molar refractivity (Wildman–Crippen MR) is 61.8 cm³/mol. The van der Waals surface area contributed by atoms with Crippen molar-refractivity contribution in [1.82, 2.24) is 14.8 Å². The van der Waals surface area contributed by atoms with Gasteiger partial charge in [-0.3, -0.25) is 4.79 Å². The molecule has 2 aromatic heterocycles. The third kappa shape index (κ3) is 2.33. The van der Waals surface area contributed by atoms with Crippen LogP contribution in [-0.4, -0.2) is 31.6 Å². The van der Waals surface area contributed by atoms with Crippen LogP contribution < -0.4 is 0 Å². The van der Waals surface area contributed by atoms with Gasteiger partial charge in [0.1, 0.15) is 0 Å². The molecule has 0 aromatic carbocycles. The molecule has 1 N–H and O–H groups in total. The van der Waals surface area contributed by atoms with E-state index in [0.717, 1.165) is 17.3 Å². The monoisotopic (exact) mass is 253 g/mol. The van der Waals surface area contributed by atoms with Crippen LogP contribution in [0.3, 0.4) is 0 Å². The zero-order valence-corrected chi connectivity index (χ0v) is 10.2. The van der Waals surface area contributed by atoms with Crippen LogP contribution >= 0.6 is 11.8 Å². The quantitative estimate of drug-likeness (QED) is 0.833. The van der Waals surface area contributed by atoms with E-state index >= 15 is 0 Å². The first-order chi connectivity index (χ1) is 8.09. The molecule has 0 atom stereocenters. The maximum Gasteiger partial charge on any atom is 0.313 e. The number of carboxylic acids is 1. The Balaban J connectivity index is 2.27. The van der Waals surface area contributed by atoms with Gasteiger partial charge < -0.3 is 14.1 Å². The van der Waals surface area contributed by atoms with Crippen molar-refractivity contribution in [1.29, 1.82) is 0 Å². The number of hydrogen-bond donors (Lipinski definition) is 1. The van der Waals surface area contributed by atoms with Crippen LogP contribution in [0, 0.1) is 6.92 Å². The van der Waals surface area contributed by atoms with Crippen LogP contribution in [-0.2, 0) is 11.8 Å². The summed E-state index contributed by atoms with van der Waals surface area (Å²) in [7, 11) is 1.78. The minimum absolute atomic E-state index is 0.0386. The fourth-order valence-corrected chi connectivity index (χ4v) is 2.00. The van der Waals surface area contributed by atoms with Crippen LogP contribution in [0.1, 0.15) is 5.56 Å². The minimum atomic E-state index is -0.881. The Morgan fingerprint density at radius 1 is 1.59 bits per heavy atom. The molecule has 0 bridgehead atoms. The molecule has 0 fully saturated rings. The average Bonchev–Trinajstić information content (AvgIpc) is 2.82. The van der Waals surface area contributed by atoms with Crippen molar-refractivity contribution < 1.29 is 14.3 Å². The number of rotatable bonds is 4. The summed E-state index contributed by atoms with van der Waals surface area (Å²) in [6, 6.07) is 1.84. The first-order valence-electron chi connectivity index (χ1n) is 4.88. The first kappa shape index (κ1) is 11.7. The lowest BCUT2D eigenvalue weighted by molar-refractivity contribution is -0.133. The first-order valence-corrected chi connectivity index (χ1v) is 5.86. The summed E-state index contributed by atoms with van der Waals surface area (Å²) >= 11 is 1.13. The number of aromatic nitrogens is 3. The minimum Gasteiger partial charge on any atom is -0.481 e. The van der Waals surface area contributed by atoms with Gasteiger partial charge in [-0.15, -0.1) is 10.2 Å². The normalized spacial score (nSPS) is 10.7. The van der Waals surface area contributed by atoms with Gasteiger partial charge in [0.2, 0.25) is 0 Å². The Kier molecular flexibility index (Phi) is 3.19. The Hall–Kier alpha value is -1.76. The maximum atomic E-state index is 10.5. The zero-order chi connectivity index (χ0) is 12.4. The van der Waals surface area contributed by atoms with E-state index in [1.165, 1.54) is 0 Å². The summed E-state index contributed by atoms with van der Waals surface area (Å²) in [6.07, 6.45) is 1.59. The van der Waals surface area contributed by atoms with Crippen LogP contribution in [0.4, 0.5) is 0 Å². The number of hydrogen-bond acceptors (Lipinski definition) is 5. The molecule has 0 unspecified atom stereocenters. The van der Waals surface area contributed by atoms with E-state index in [-0.39, 0.29) is 5.75 Å². The van der Waals surface area contributed by atoms with E-state index in [1.807, 2.05) is 13.0 Å². The van der Waals surface area contributed by atoms with E-state index < -0.39 is 5.97 Å². The highest BCUT2D eigenvalue weighted by atomic mass is 32.2. The Morgan fingerprint density at radius 3 is 2.94 bits per heavy atom. The van der Waals surface area contributed by atoms with Crippen LogP contribution in [0.2, 0.25) is 0 Å². The molecular formula is C10H11N3O3S. The van der Waals surface area contributed by atoms with Crippen LogP contribution in [0.25, 0.3) is 11.6 Å². The highest BCUT2D eigenvalue weighted by Gasteiger charge is 2.16. The molecule has 0 saturated carbocycles. The summed E-state index contributed by atoms with van der Waals surface area (Å²) < 4.78 is 7.04. The van der Waals surface area contributed by atoms with Gasteiger partial charge in [0.15, 0.2) is 16.7 Å². The van der Waals surface area contributed by atoms with Crippen molar-refractivity contribution in [2.45, 2.75) is 12.1 Å². The smallest absolute Gasteiger partial charge is 0.313 e. The number of thioether (sulfide) groups is 1. The fourth-order valence-electron chi connectivity index (χ4n) is 1.37. The molecule has 90 valence electrons. The van der Waals surface area contributed by atoms with Gasteiger partial charge in [0.25, 0.3) is 0 Å². The molecule has 0 aliphatic rings. The van der Waals surface area contributed by atoms with Crippen LogP contribution in [0.5, 0.6) is 0 Å². The molecule has 2 aromatic rings. The average molecular weight is 253 g/mol. The standard InChI is InChI=1S/C10H11N3O3S/c1-6-3-4-16-8(6)9-11-12-10(13(9)2)17-5-7(14)15/h3-4H,5H2,1-2H3,(H,14,15). The largest absolute Gasteiger partial charge is 0.481 e. The molecule has 0 amide bonds. The lowest BCUT2D eigenvalue weighted by Crippen LogP contribution is -2.01. The van der Waals surface area contributed by atoms with E-state index in [1.54, 1.807) is 17.9 Å². The molecular weight excluding hydrogens is 242 g/mol. The Morgan fingerprint density at radius 2 is 2.35 bits per heavy atom. The molecule has 7 heteroatoms. The van der Waals surface area contributed by atoms with Crippen molar-refractivity contribution in [3.8, 4) is 11.6 Å². The van der Waals surface area contributed by atoms with Gasteiger partial charge in [-0.05, 0) is 18.6 Å². The van der Waals surface area contributed by atoms with Gasteiger partial charge in [-0.25, -0.2) is 0 Å². The van der Waals surface area contributed by atoms with E-state index in [2.05, 4.69) is 10.2 Å². The molecule has 2 heterocycles. The third-order valence-corrected chi connectivity index (χ3v) is 3.23. The van der Waals surface area contributed by atoms with Gasteiger partial charge in [0, 0.05) is 7.05 Å². The molecule has 0 aliphatic carbocycles. The van der Waals surface area contributed by atoms with Gasteiger partial charge >= 0.3 is 5.97 Å². The third-order valence-electron chi connectivity index (χ3n) is 2.22. The number of nitrogens with zero attached hydrogens (tertiary/aromatic N) is 3.